The lowest BCUT2D eigenvalue weighted by molar-refractivity contribution is 0.00578. The van der Waals surface area contributed by atoms with E-state index in [0.29, 0.717) is 0 Å². The second kappa shape index (κ2) is 9.52. The average molecular weight is 521 g/mol. The van der Waals surface area contributed by atoms with Crippen LogP contribution in [-0.2, 0) is 23.4 Å². The minimum Gasteiger partial charge on any atom is -0.399 e. The molecule has 5 rings (SSSR count). The number of nitrogens with zero attached hydrogens (tertiary/aromatic N) is 4. The lowest BCUT2D eigenvalue weighted by Gasteiger charge is -2.32. The molecule has 0 unspecified atom stereocenters. The maximum Gasteiger partial charge on any atom is 0.498 e. The molecule has 1 fully saturated rings. The molecule has 176 valence electrons. The number of aromatic nitrogens is 4. The van der Waals surface area contributed by atoms with Crippen molar-refractivity contribution in [2.24, 2.45) is 14.1 Å². The van der Waals surface area contributed by atoms with Gasteiger partial charge in [-0.1, -0.05) is 60.7 Å². The summed E-state index contributed by atoms with van der Waals surface area (Å²) in [7, 11) is 3.44. The van der Waals surface area contributed by atoms with Crippen molar-refractivity contribution < 1.29 is 9.31 Å². The molecule has 1 aliphatic heterocycles. The van der Waals surface area contributed by atoms with Crippen molar-refractivity contribution in [1.82, 2.24) is 19.6 Å². The van der Waals surface area contributed by atoms with Crippen LogP contribution >= 0.6 is 15.9 Å². The van der Waals surface area contributed by atoms with Gasteiger partial charge in [-0.25, -0.2) is 0 Å². The van der Waals surface area contributed by atoms with Crippen LogP contribution in [0.15, 0.2) is 77.5 Å². The molecular weight excluding hydrogens is 491 g/mol. The van der Waals surface area contributed by atoms with Gasteiger partial charge in [-0.3, -0.25) is 9.36 Å². The van der Waals surface area contributed by atoms with Gasteiger partial charge in [0, 0.05) is 43.1 Å². The van der Waals surface area contributed by atoms with Crippen LogP contribution in [0.2, 0.25) is 0 Å². The molecule has 0 atom stereocenters. The van der Waals surface area contributed by atoms with Gasteiger partial charge in [-0.2, -0.15) is 10.2 Å². The first-order valence-electron chi connectivity index (χ1n) is 11.3. The van der Waals surface area contributed by atoms with Crippen LogP contribution in [0.1, 0.15) is 27.7 Å². The molecule has 2 aromatic heterocycles. The van der Waals surface area contributed by atoms with Gasteiger partial charge in [0.25, 0.3) is 0 Å². The summed E-state index contributed by atoms with van der Waals surface area (Å²) < 4.78 is 16.9. The summed E-state index contributed by atoms with van der Waals surface area (Å²) in [5.74, 6) is 0. The molecule has 0 amide bonds. The first-order valence-corrected chi connectivity index (χ1v) is 12.1. The number of benzene rings is 2. The van der Waals surface area contributed by atoms with E-state index in [1.54, 1.807) is 4.68 Å². The summed E-state index contributed by atoms with van der Waals surface area (Å²) in [4.78, 5) is 0. The van der Waals surface area contributed by atoms with Gasteiger partial charge in [-0.05, 0) is 43.6 Å². The third kappa shape index (κ3) is 5.04. The van der Waals surface area contributed by atoms with Crippen LogP contribution in [-0.4, -0.2) is 37.9 Å². The first-order chi connectivity index (χ1) is 16.1. The summed E-state index contributed by atoms with van der Waals surface area (Å²) in [5, 5.41) is 8.93. The predicted molar refractivity (Wildman–Crippen MR) is 141 cm³/mol. The van der Waals surface area contributed by atoms with Gasteiger partial charge in [0.05, 0.1) is 21.4 Å². The average Bonchev–Trinajstić information content (AvgIpc) is 3.42. The molecule has 0 N–H and O–H groups in total. The standard InChI is InChI=1S/C16H21BN2O2.C10H9BrN2/c1-15(2)16(3,4)21-17(20-15)13-11-19(5)18-14(13)12-9-7-6-8-10-12;1-13-7-9(11)10(12-13)8-5-3-2-4-6-8/h6-11H,1-5H3;2-7H,1H3. The number of rotatable bonds is 3. The van der Waals surface area contributed by atoms with Crippen LogP contribution in [0.25, 0.3) is 22.5 Å². The van der Waals surface area contributed by atoms with Crippen molar-refractivity contribution in [3.05, 3.63) is 77.5 Å². The Labute approximate surface area is 210 Å². The van der Waals surface area contributed by atoms with Crippen LogP contribution in [0.4, 0.5) is 0 Å². The third-order valence-electron chi connectivity index (χ3n) is 6.24. The Bertz CT molecular complexity index is 1240. The molecule has 34 heavy (non-hydrogen) atoms. The van der Waals surface area contributed by atoms with E-state index in [2.05, 4.69) is 66.0 Å². The summed E-state index contributed by atoms with van der Waals surface area (Å²) in [6.45, 7) is 8.24. The molecule has 1 aliphatic rings. The Morgan fingerprint density at radius 1 is 0.706 bits per heavy atom. The SMILES string of the molecule is Cn1cc(B2OC(C)(C)C(C)(C)O2)c(-c2ccccc2)n1.Cn1cc(Br)c(-c2ccccc2)n1. The predicted octanol–water partition coefficient (Wildman–Crippen LogP) is 5.24. The van der Waals surface area contributed by atoms with E-state index in [1.165, 1.54) is 0 Å². The van der Waals surface area contributed by atoms with Gasteiger partial charge in [0.1, 0.15) is 5.69 Å². The number of halogens is 1. The first kappa shape index (κ1) is 24.4. The Balaban J connectivity index is 0.000000180. The quantitative estimate of drug-likeness (QED) is 0.347. The highest BCUT2D eigenvalue weighted by Gasteiger charge is 2.52. The minimum atomic E-state index is -0.390. The van der Waals surface area contributed by atoms with Crippen molar-refractivity contribution >= 4 is 28.5 Å². The molecule has 8 heteroatoms. The highest BCUT2D eigenvalue weighted by Crippen LogP contribution is 2.37. The zero-order valence-electron chi connectivity index (χ0n) is 20.5. The molecule has 4 aromatic rings. The Hall–Kier alpha value is -2.68. The van der Waals surface area contributed by atoms with Crippen molar-refractivity contribution in [3.8, 4) is 22.5 Å². The zero-order valence-corrected chi connectivity index (χ0v) is 22.1. The molecule has 0 radical (unpaired) electrons. The molecule has 2 aromatic carbocycles. The Morgan fingerprint density at radius 3 is 1.62 bits per heavy atom. The Kier molecular flexibility index (Phi) is 6.85. The van der Waals surface area contributed by atoms with Gasteiger partial charge >= 0.3 is 7.12 Å². The van der Waals surface area contributed by atoms with Crippen molar-refractivity contribution in [2.75, 3.05) is 0 Å². The zero-order chi connectivity index (χ0) is 24.5. The van der Waals surface area contributed by atoms with E-state index >= 15 is 0 Å². The van der Waals surface area contributed by atoms with E-state index in [-0.39, 0.29) is 18.3 Å². The molecule has 3 heterocycles. The van der Waals surface area contributed by atoms with E-state index < -0.39 is 0 Å². The maximum absolute atomic E-state index is 6.15. The fourth-order valence-corrected chi connectivity index (χ4v) is 4.33. The van der Waals surface area contributed by atoms with Gasteiger partial charge < -0.3 is 9.31 Å². The summed E-state index contributed by atoms with van der Waals surface area (Å²) in [6.07, 6.45) is 3.92. The lowest BCUT2D eigenvalue weighted by atomic mass is 9.78. The minimum absolute atomic E-state index is 0.346. The summed E-state index contributed by atoms with van der Waals surface area (Å²) >= 11 is 3.47. The highest BCUT2D eigenvalue weighted by molar-refractivity contribution is 9.10. The molecule has 6 nitrogen and oxygen atoms in total. The Morgan fingerprint density at radius 2 is 1.15 bits per heavy atom. The van der Waals surface area contributed by atoms with E-state index in [1.807, 2.05) is 79.7 Å². The molecular formula is C26H30BBrN4O2. The van der Waals surface area contributed by atoms with Gasteiger partial charge in [0.15, 0.2) is 0 Å². The normalized spacial score (nSPS) is 16.3. The van der Waals surface area contributed by atoms with Crippen molar-refractivity contribution in [1.29, 1.82) is 0 Å². The molecule has 1 saturated heterocycles. The highest BCUT2D eigenvalue weighted by atomic mass is 79.9. The smallest absolute Gasteiger partial charge is 0.399 e. The fourth-order valence-electron chi connectivity index (χ4n) is 3.72. The molecule has 0 saturated carbocycles. The number of hydrogen-bond acceptors (Lipinski definition) is 4. The largest absolute Gasteiger partial charge is 0.498 e. The second-order valence-corrected chi connectivity index (χ2v) is 10.3. The lowest BCUT2D eigenvalue weighted by Crippen LogP contribution is -2.41. The number of aryl methyl sites for hydroxylation is 2. The van der Waals surface area contributed by atoms with Crippen LogP contribution in [0, 0.1) is 0 Å². The van der Waals surface area contributed by atoms with Crippen LogP contribution < -0.4 is 5.46 Å². The molecule has 0 aliphatic carbocycles. The number of hydrogen-bond donors (Lipinski definition) is 0. The monoisotopic (exact) mass is 520 g/mol. The molecule has 0 bridgehead atoms. The third-order valence-corrected chi connectivity index (χ3v) is 6.82. The fraction of sp³-hybridized carbons (Fsp3) is 0.308. The van der Waals surface area contributed by atoms with Crippen molar-refractivity contribution in [2.45, 2.75) is 38.9 Å². The van der Waals surface area contributed by atoms with Crippen LogP contribution in [0.5, 0.6) is 0 Å². The van der Waals surface area contributed by atoms with Crippen molar-refractivity contribution in [3.63, 3.8) is 0 Å². The van der Waals surface area contributed by atoms with Gasteiger partial charge in [-0.15, -0.1) is 0 Å². The maximum atomic E-state index is 6.15. The summed E-state index contributed by atoms with van der Waals surface area (Å²) in [5.41, 5.74) is 4.39. The second-order valence-electron chi connectivity index (χ2n) is 9.43. The molecule has 0 spiro atoms. The topological polar surface area (TPSA) is 54.1 Å². The summed E-state index contributed by atoms with van der Waals surface area (Å²) in [6, 6.07) is 20.2. The van der Waals surface area contributed by atoms with Gasteiger partial charge in [0.2, 0.25) is 0 Å². The van der Waals surface area contributed by atoms with E-state index in [9.17, 15) is 0 Å². The van der Waals surface area contributed by atoms with E-state index in [4.69, 9.17) is 9.31 Å². The van der Waals surface area contributed by atoms with Crippen LogP contribution in [0.3, 0.4) is 0 Å². The van der Waals surface area contributed by atoms with E-state index in [0.717, 1.165) is 32.5 Å².